The Kier molecular flexibility index (Phi) is 6.79. The molecule has 1 N–H and O–H groups in total. The second kappa shape index (κ2) is 10.1. The van der Waals surface area contributed by atoms with E-state index in [1.54, 1.807) is 23.5 Å². The fourth-order valence-corrected chi connectivity index (χ4v) is 6.42. The van der Waals surface area contributed by atoms with E-state index in [-0.39, 0.29) is 8.81 Å². The summed E-state index contributed by atoms with van der Waals surface area (Å²) >= 11 is 3.63. The van der Waals surface area contributed by atoms with Gasteiger partial charge in [0.2, 0.25) is 0 Å². The second-order valence-corrected chi connectivity index (χ2v) is 10.8. The summed E-state index contributed by atoms with van der Waals surface area (Å²) in [6.45, 7) is 7.22. The van der Waals surface area contributed by atoms with Crippen LogP contribution in [-0.2, 0) is 6.54 Å². The topological polar surface area (TPSA) is 50.3 Å². The number of piperidine rings is 1. The molecular weight excluding hydrogens is 455 g/mol. The second-order valence-electron chi connectivity index (χ2n) is 7.73. The number of thiophene rings is 2. The number of nitrogens with one attached hydrogen (secondary N) is 1. The van der Waals surface area contributed by atoms with Crippen LogP contribution in [0.4, 0.5) is 11.5 Å². The van der Waals surface area contributed by atoms with Crippen molar-refractivity contribution in [2.24, 2.45) is 0 Å². The minimum Gasteiger partial charge on any atom is -0.473 e. The number of nitrogens with zero attached hydrogens (tertiary/aromatic N) is 3. The Morgan fingerprint density at radius 1 is 1.06 bits per heavy atom. The van der Waals surface area contributed by atoms with Gasteiger partial charge >= 0.3 is 0 Å². The zero-order valence-corrected chi connectivity index (χ0v) is 20.3. The maximum atomic E-state index is 5.68. The third kappa shape index (κ3) is 5.02. The van der Waals surface area contributed by atoms with Gasteiger partial charge in [-0.1, -0.05) is 19.1 Å². The van der Waals surface area contributed by atoms with E-state index in [1.807, 2.05) is 35.6 Å². The van der Waals surface area contributed by atoms with E-state index in [1.165, 1.54) is 47.0 Å². The summed E-state index contributed by atoms with van der Waals surface area (Å²) in [7, 11) is 0.242. The van der Waals surface area contributed by atoms with Gasteiger partial charge in [0.1, 0.15) is 12.1 Å². The van der Waals surface area contributed by atoms with Gasteiger partial charge in [0.25, 0.3) is 0 Å². The number of benzene rings is 1. The molecule has 164 valence electrons. The van der Waals surface area contributed by atoms with Gasteiger partial charge in [-0.05, 0) is 62.1 Å². The Labute approximate surface area is 198 Å². The SMILES string of the molecule is C=CPOc1cccc(Nc2ncnc3cc(-c4ccc(CN5CCCCC5)s4)sc23)c1. The molecule has 1 unspecified atom stereocenters. The minimum absolute atomic E-state index is 0.242. The molecule has 1 aromatic carbocycles. The highest BCUT2D eigenvalue weighted by molar-refractivity contribution is 7.36. The number of hydrogen-bond donors (Lipinski definition) is 1. The Hall–Kier alpha value is -2.31. The normalized spacial score (nSPS) is 14.9. The Balaban J connectivity index is 1.36. The average Bonchev–Trinajstić information content (AvgIpc) is 3.46. The first-order valence-corrected chi connectivity index (χ1v) is 13.4. The zero-order chi connectivity index (χ0) is 21.8. The minimum atomic E-state index is 0.242. The maximum absolute atomic E-state index is 5.68. The van der Waals surface area contributed by atoms with Crippen molar-refractivity contribution in [1.29, 1.82) is 0 Å². The molecule has 1 saturated heterocycles. The van der Waals surface area contributed by atoms with Crippen molar-refractivity contribution in [1.82, 2.24) is 14.9 Å². The van der Waals surface area contributed by atoms with E-state index in [9.17, 15) is 0 Å². The molecule has 0 amide bonds. The number of fused-ring (bicyclic) bond motifs is 1. The Bertz CT molecular complexity index is 1220. The predicted octanol–water partition coefficient (Wildman–Crippen LogP) is 7.27. The molecule has 0 bridgehead atoms. The summed E-state index contributed by atoms with van der Waals surface area (Å²) in [6, 6.07) is 14.6. The first-order chi connectivity index (χ1) is 15.8. The van der Waals surface area contributed by atoms with Crippen LogP contribution >= 0.6 is 31.5 Å². The van der Waals surface area contributed by atoms with Gasteiger partial charge in [0, 0.05) is 32.9 Å². The van der Waals surface area contributed by atoms with Crippen LogP contribution in [0.25, 0.3) is 20.0 Å². The highest BCUT2D eigenvalue weighted by Crippen LogP contribution is 2.39. The number of aromatic nitrogens is 2. The number of hydrogen-bond acceptors (Lipinski definition) is 7. The van der Waals surface area contributed by atoms with Crippen molar-refractivity contribution >= 4 is 53.2 Å². The van der Waals surface area contributed by atoms with E-state index in [0.29, 0.717) is 0 Å². The molecule has 1 fully saturated rings. The maximum Gasteiger partial charge on any atom is 0.151 e. The molecule has 0 radical (unpaired) electrons. The van der Waals surface area contributed by atoms with Crippen LogP contribution < -0.4 is 9.84 Å². The molecule has 3 aromatic heterocycles. The van der Waals surface area contributed by atoms with Crippen molar-refractivity contribution in [2.75, 3.05) is 18.4 Å². The van der Waals surface area contributed by atoms with Crippen LogP contribution in [0.5, 0.6) is 5.75 Å². The lowest BCUT2D eigenvalue weighted by molar-refractivity contribution is 0.222. The van der Waals surface area contributed by atoms with Gasteiger partial charge in [0.05, 0.1) is 19.0 Å². The Morgan fingerprint density at radius 3 is 2.84 bits per heavy atom. The molecule has 4 aromatic rings. The summed E-state index contributed by atoms with van der Waals surface area (Å²) < 4.78 is 6.74. The first-order valence-electron chi connectivity index (χ1n) is 10.7. The zero-order valence-electron chi connectivity index (χ0n) is 17.7. The lowest BCUT2D eigenvalue weighted by Gasteiger charge is -2.25. The molecule has 32 heavy (non-hydrogen) atoms. The molecule has 1 aliphatic rings. The lowest BCUT2D eigenvalue weighted by Crippen LogP contribution is -2.28. The number of anilines is 2. The summed E-state index contributed by atoms with van der Waals surface area (Å²) in [5.74, 6) is 3.40. The summed E-state index contributed by atoms with van der Waals surface area (Å²) in [4.78, 5) is 15.6. The monoisotopic (exact) mass is 480 g/mol. The highest BCUT2D eigenvalue weighted by atomic mass is 32.1. The molecule has 1 atom stereocenters. The summed E-state index contributed by atoms with van der Waals surface area (Å²) in [6.07, 6.45) is 5.65. The molecule has 0 aliphatic carbocycles. The highest BCUT2D eigenvalue weighted by Gasteiger charge is 2.15. The fraction of sp³-hybridized carbons (Fsp3) is 0.250. The fourth-order valence-electron chi connectivity index (χ4n) is 3.88. The smallest absolute Gasteiger partial charge is 0.151 e. The lowest BCUT2D eigenvalue weighted by atomic mass is 10.1. The quantitative estimate of drug-likeness (QED) is 0.269. The number of rotatable bonds is 8. The Morgan fingerprint density at radius 2 is 1.97 bits per heavy atom. The largest absolute Gasteiger partial charge is 0.473 e. The molecule has 8 heteroatoms. The molecular formula is C24H25N4OPS2. The molecule has 5 rings (SSSR count). The van der Waals surface area contributed by atoms with Crippen molar-refractivity contribution in [3.05, 3.63) is 66.1 Å². The summed E-state index contributed by atoms with van der Waals surface area (Å²) in [5, 5.41) is 3.44. The molecule has 5 nitrogen and oxygen atoms in total. The van der Waals surface area contributed by atoms with Crippen LogP contribution in [0.2, 0.25) is 0 Å². The van der Waals surface area contributed by atoms with Gasteiger partial charge in [-0.2, -0.15) is 0 Å². The molecule has 0 saturated carbocycles. The van der Waals surface area contributed by atoms with E-state index < -0.39 is 0 Å². The van der Waals surface area contributed by atoms with Crippen molar-refractivity contribution in [3.8, 4) is 15.5 Å². The van der Waals surface area contributed by atoms with E-state index in [2.05, 4.69) is 45.0 Å². The third-order valence-corrected chi connectivity index (χ3v) is 8.32. The first kappa shape index (κ1) is 21.5. The van der Waals surface area contributed by atoms with Gasteiger partial charge in [-0.3, -0.25) is 4.90 Å². The predicted molar refractivity (Wildman–Crippen MR) is 139 cm³/mol. The van der Waals surface area contributed by atoms with Gasteiger partial charge < -0.3 is 9.84 Å². The van der Waals surface area contributed by atoms with E-state index >= 15 is 0 Å². The van der Waals surface area contributed by atoms with Crippen molar-refractivity contribution in [3.63, 3.8) is 0 Å². The van der Waals surface area contributed by atoms with E-state index in [4.69, 9.17) is 4.52 Å². The van der Waals surface area contributed by atoms with Crippen molar-refractivity contribution < 1.29 is 4.52 Å². The van der Waals surface area contributed by atoms with Crippen LogP contribution in [0, 0.1) is 0 Å². The average molecular weight is 481 g/mol. The van der Waals surface area contributed by atoms with E-state index in [0.717, 1.165) is 34.0 Å². The van der Waals surface area contributed by atoms with Crippen LogP contribution in [-0.4, -0.2) is 28.0 Å². The standard InChI is InChI=1S/C24H25N4OPS2/c1-2-30-29-18-8-6-7-17(13-18)27-24-23-20(25-16-26-24)14-22(32-23)21-10-9-19(31-21)15-28-11-4-3-5-12-28/h2,6-10,13-14,16,30H,1,3-5,11-12,15H2,(H,25,26,27). The van der Waals surface area contributed by atoms with Crippen LogP contribution in [0.1, 0.15) is 24.1 Å². The molecule has 0 spiro atoms. The van der Waals surface area contributed by atoms with Crippen LogP contribution in [0.3, 0.4) is 0 Å². The third-order valence-electron chi connectivity index (χ3n) is 5.40. The molecule has 1 aliphatic heterocycles. The van der Waals surface area contributed by atoms with Crippen LogP contribution in [0.15, 0.2) is 61.2 Å². The summed E-state index contributed by atoms with van der Waals surface area (Å²) in [5.41, 5.74) is 1.90. The molecule has 4 heterocycles. The number of likely N-dealkylation sites (tertiary alicyclic amines) is 1. The van der Waals surface area contributed by atoms with Gasteiger partial charge in [-0.25, -0.2) is 9.97 Å². The van der Waals surface area contributed by atoms with Gasteiger partial charge in [0.15, 0.2) is 5.82 Å². The van der Waals surface area contributed by atoms with Gasteiger partial charge in [-0.15, -0.1) is 22.7 Å². The van der Waals surface area contributed by atoms with Crippen molar-refractivity contribution in [2.45, 2.75) is 25.8 Å².